The third kappa shape index (κ3) is 3.11. The van der Waals surface area contributed by atoms with E-state index in [-0.39, 0.29) is 41.9 Å². The van der Waals surface area contributed by atoms with Crippen LogP contribution in [0.3, 0.4) is 0 Å². The number of hydrogen-bond donors (Lipinski definition) is 2. The quantitative estimate of drug-likeness (QED) is 0.738. The van der Waals surface area contributed by atoms with E-state index in [4.69, 9.17) is 0 Å². The molecule has 2 aliphatic carbocycles. The first-order chi connectivity index (χ1) is 14.5. The van der Waals surface area contributed by atoms with Crippen molar-refractivity contribution in [3.63, 3.8) is 0 Å². The minimum Gasteiger partial charge on any atom is -0.396 e. The van der Waals surface area contributed by atoms with Crippen molar-refractivity contribution in [3.05, 3.63) is 39.8 Å². The molecule has 0 spiro atoms. The highest BCUT2D eigenvalue weighted by Crippen LogP contribution is 2.50. The zero-order valence-corrected chi connectivity index (χ0v) is 17.3. The van der Waals surface area contributed by atoms with E-state index in [0.29, 0.717) is 30.3 Å². The second kappa shape index (κ2) is 7.38. The van der Waals surface area contributed by atoms with Gasteiger partial charge >= 0.3 is 0 Å². The van der Waals surface area contributed by atoms with Gasteiger partial charge in [-0.2, -0.15) is 0 Å². The molecule has 0 unspecified atom stereocenters. The van der Waals surface area contributed by atoms with E-state index in [0.717, 1.165) is 25.7 Å². The number of nitrogens with zero attached hydrogens (tertiary/aromatic N) is 2. The molecule has 1 saturated heterocycles. The molecule has 5 rings (SSSR count). The van der Waals surface area contributed by atoms with Crippen molar-refractivity contribution in [2.24, 2.45) is 23.7 Å². The molecule has 30 heavy (non-hydrogen) atoms. The number of nitrogens with one attached hydrogen (secondary N) is 1. The molecule has 3 heterocycles. The van der Waals surface area contributed by atoms with Gasteiger partial charge < -0.3 is 19.9 Å². The highest BCUT2D eigenvalue weighted by atomic mass is 16.3. The fourth-order valence-electron chi connectivity index (χ4n) is 5.26. The molecule has 7 heteroatoms. The lowest BCUT2D eigenvalue weighted by atomic mass is 9.86. The van der Waals surface area contributed by atoms with Crippen molar-refractivity contribution >= 4 is 17.9 Å². The molecular weight excluding hydrogens is 382 g/mol. The number of hydrogen-bond acceptors (Lipinski definition) is 4. The summed E-state index contributed by atoms with van der Waals surface area (Å²) in [6, 6.07) is 2.82. The lowest BCUT2D eigenvalue weighted by Crippen LogP contribution is -2.49. The average Bonchev–Trinajstić information content (AvgIpc) is 3.64. The van der Waals surface area contributed by atoms with Crippen LogP contribution in [0.25, 0.3) is 6.08 Å². The maximum absolute atomic E-state index is 13.2. The monoisotopic (exact) mass is 411 g/mol. The summed E-state index contributed by atoms with van der Waals surface area (Å²) in [5.41, 5.74) is 1.20. The number of aliphatic hydroxyl groups excluding tert-OH is 1. The van der Waals surface area contributed by atoms with Gasteiger partial charge in [0.1, 0.15) is 0 Å². The van der Waals surface area contributed by atoms with Crippen LogP contribution in [-0.2, 0) is 16.1 Å². The lowest BCUT2D eigenvalue weighted by Gasteiger charge is -2.38. The molecule has 1 aromatic heterocycles. The molecule has 2 aliphatic heterocycles. The number of allylic oxidation sites excluding steroid dienone is 1. The van der Waals surface area contributed by atoms with Gasteiger partial charge in [-0.3, -0.25) is 14.4 Å². The SMILES string of the molecule is C/C=C\c1ccc2n(c1=O)C[C@H]1[C@H](CO)[C@@H](C(=O)NCC3CC3)[C@@H]2N1C(=O)C1CC1. The highest BCUT2D eigenvalue weighted by Gasteiger charge is 2.58. The van der Waals surface area contributed by atoms with Crippen LogP contribution in [0.1, 0.15) is 49.9 Å². The standard InChI is InChI=1S/C23H29N3O4/c1-2-3-14-8-9-17-20-19(21(28)24-10-13-4-5-13)16(12-27)18(11-25(17)22(14)29)26(20)23(30)15-6-7-15/h2-3,8-9,13,15-16,18-20,27H,4-7,10-12H2,1H3,(H,24,28)/b3-2-/t16-,18-,19+,20+/m0/s1. The smallest absolute Gasteiger partial charge is 0.258 e. The molecule has 4 aliphatic rings. The Kier molecular flexibility index (Phi) is 4.81. The van der Waals surface area contributed by atoms with Crippen LogP contribution in [0.5, 0.6) is 0 Å². The van der Waals surface area contributed by atoms with E-state index >= 15 is 0 Å². The number of carbonyl (C=O) groups is 2. The fraction of sp³-hybridized carbons (Fsp3) is 0.609. The molecule has 2 bridgehead atoms. The fourth-order valence-corrected chi connectivity index (χ4v) is 5.26. The van der Waals surface area contributed by atoms with E-state index in [9.17, 15) is 19.5 Å². The van der Waals surface area contributed by atoms with Crippen molar-refractivity contribution in [3.8, 4) is 0 Å². The Morgan fingerprint density at radius 3 is 2.63 bits per heavy atom. The van der Waals surface area contributed by atoms with E-state index in [1.54, 1.807) is 16.7 Å². The molecule has 1 aromatic rings. The Morgan fingerprint density at radius 2 is 2.00 bits per heavy atom. The van der Waals surface area contributed by atoms with Crippen LogP contribution in [0.4, 0.5) is 0 Å². The normalized spacial score (nSPS) is 29.9. The predicted molar refractivity (Wildman–Crippen MR) is 111 cm³/mol. The molecule has 4 atom stereocenters. The number of aliphatic hydroxyl groups is 1. The minimum absolute atomic E-state index is 0.0168. The first-order valence-electron chi connectivity index (χ1n) is 11.1. The van der Waals surface area contributed by atoms with E-state index in [2.05, 4.69) is 5.32 Å². The van der Waals surface area contributed by atoms with Crippen molar-refractivity contribution in [2.75, 3.05) is 13.2 Å². The molecule has 0 aromatic carbocycles. The van der Waals surface area contributed by atoms with E-state index in [1.165, 1.54) is 0 Å². The van der Waals surface area contributed by atoms with Crippen molar-refractivity contribution in [2.45, 2.75) is 51.2 Å². The maximum Gasteiger partial charge on any atom is 0.258 e. The molecule has 0 radical (unpaired) electrons. The Balaban J connectivity index is 1.58. The van der Waals surface area contributed by atoms with Crippen molar-refractivity contribution in [1.82, 2.24) is 14.8 Å². The molecular formula is C23H29N3O4. The maximum atomic E-state index is 13.2. The Morgan fingerprint density at radius 1 is 1.23 bits per heavy atom. The second-order valence-corrected chi connectivity index (χ2v) is 9.22. The third-order valence-electron chi connectivity index (χ3n) is 7.17. The number of fused-ring (bicyclic) bond motifs is 4. The highest BCUT2D eigenvalue weighted by molar-refractivity contribution is 5.86. The largest absolute Gasteiger partial charge is 0.396 e. The topological polar surface area (TPSA) is 91.6 Å². The summed E-state index contributed by atoms with van der Waals surface area (Å²) in [4.78, 5) is 41.4. The van der Waals surface area contributed by atoms with Gasteiger partial charge in [0.05, 0.1) is 18.0 Å². The van der Waals surface area contributed by atoms with E-state index in [1.807, 2.05) is 24.0 Å². The number of carbonyl (C=O) groups excluding carboxylic acids is 2. The summed E-state index contributed by atoms with van der Waals surface area (Å²) in [6.07, 6.45) is 7.64. The molecule has 2 saturated carbocycles. The molecule has 7 nitrogen and oxygen atoms in total. The van der Waals surface area contributed by atoms with Gasteiger partial charge in [-0.05, 0) is 50.7 Å². The molecule has 2 N–H and O–H groups in total. The van der Waals surface area contributed by atoms with Gasteiger partial charge in [0.25, 0.3) is 5.56 Å². The summed E-state index contributed by atoms with van der Waals surface area (Å²) in [7, 11) is 0. The van der Waals surface area contributed by atoms with E-state index < -0.39 is 12.0 Å². The number of amides is 2. The first-order valence-corrected chi connectivity index (χ1v) is 11.1. The zero-order chi connectivity index (χ0) is 21.0. The molecule has 3 fully saturated rings. The van der Waals surface area contributed by atoms with Crippen molar-refractivity contribution in [1.29, 1.82) is 0 Å². The number of pyridine rings is 1. The van der Waals surface area contributed by atoms with Crippen LogP contribution in [0, 0.1) is 23.7 Å². The Hall–Kier alpha value is -2.41. The Labute approximate surface area is 175 Å². The predicted octanol–water partition coefficient (Wildman–Crippen LogP) is 1.31. The van der Waals surface area contributed by atoms with Gasteiger partial charge in [-0.1, -0.05) is 12.2 Å². The summed E-state index contributed by atoms with van der Waals surface area (Å²) in [5, 5.41) is 13.3. The van der Waals surface area contributed by atoms with Crippen LogP contribution < -0.4 is 10.9 Å². The summed E-state index contributed by atoms with van der Waals surface area (Å²) in [6.45, 7) is 2.66. The van der Waals surface area contributed by atoms with Gasteiger partial charge in [0, 0.05) is 42.8 Å². The minimum atomic E-state index is -0.540. The van der Waals surface area contributed by atoms with Crippen LogP contribution >= 0.6 is 0 Å². The van der Waals surface area contributed by atoms with Crippen LogP contribution in [-0.4, -0.2) is 45.6 Å². The van der Waals surface area contributed by atoms with Gasteiger partial charge in [-0.15, -0.1) is 0 Å². The first kappa shape index (κ1) is 19.5. The average molecular weight is 412 g/mol. The number of aromatic nitrogens is 1. The lowest BCUT2D eigenvalue weighted by molar-refractivity contribution is -0.138. The molecule has 160 valence electrons. The molecule has 2 amide bonds. The van der Waals surface area contributed by atoms with Gasteiger partial charge in [0.2, 0.25) is 11.8 Å². The third-order valence-corrected chi connectivity index (χ3v) is 7.17. The van der Waals surface area contributed by atoms with Gasteiger partial charge in [0.15, 0.2) is 0 Å². The van der Waals surface area contributed by atoms with Crippen LogP contribution in [0.15, 0.2) is 23.0 Å². The Bertz CT molecular complexity index is 960. The summed E-state index contributed by atoms with van der Waals surface area (Å²) >= 11 is 0. The summed E-state index contributed by atoms with van der Waals surface area (Å²) in [5.74, 6) is -0.394. The summed E-state index contributed by atoms with van der Waals surface area (Å²) < 4.78 is 1.72. The van der Waals surface area contributed by atoms with Crippen LogP contribution in [0.2, 0.25) is 0 Å². The second-order valence-electron chi connectivity index (χ2n) is 9.22. The van der Waals surface area contributed by atoms with Gasteiger partial charge in [-0.25, -0.2) is 0 Å². The zero-order valence-electron chi connectivity index (χ0n) is 17.3. The number of rotatable bonds is 6. The van der Waals surface area contributed by atoms with Crippen molar-refractivity contribution < 1.29 is 14.7 Å².